The largest absolute Gasteiger partial charge is 0.354 e. The number of hydrogen-bond acceptors (Lipinski definition) is 4. The second kappa shape index (κ2) is 8.26. The monoisotopic (exact) mass is 382 g/mol. The number of amides is 2. The van der Waals surface area contributed by atoms with Crippen molar-refractivity contribution in [3.05, 3.63) is 78.1 Å². The number of rotatable bonds is 5. The molecular formula is C20H16F2N4O2. The number of hydrogen-bond donors (Lipinski definition) is 3. The van der Waals surface area contributed by atoms with Crippen LogP contribution >= 0.6 is 0 Å². The summed E-state index contributed by atoms with van der Waals surface area (Å²) in [6.07, 6.45) is 2.86. The van der Waals surface area contributed by atoms with E-state index in [1.165, 1.54) is 19.3 Å². The van der Waals surface area contributed by atoms with E-state index in [0.29, 0.717) is 17.4 Å². The predicted octanol–water partition coefficient (Wildman–Crippen LogP) is 4.31. The molecule has 1 heterocycles. The number of carbonyl (C=O) groups is 2. The van der Waals surface area contributed by atoms with Gasteiger partial charge in [0.05, 0.1) is 23.1 Å². The first-order chi connectivity index (χ1) is 13.4. The molecule has 0 aliphatic carbocycles. The summed E-state index contributed by atoms with van der Waals surface area (Å²) in [6.45, 7) is 1.42. The number of halogens is 2. The number of benzene rings is 2. The summed E-state index contributed by atoms with van der Waals surface area (Å²) in [5, 5.41) is 8.13. The van der Waals surface area contributed by atoms with E-state index in [4.69, 9.17) is 0 Å². The molecule has 6 nitrogen and oxygen atoms in total. The second-order valence-corrected chi connectivity index (χ2v) is 5.92. The van der Waals surface area contributed by atoms with Crippen molar-refractivity contribution in [2.24, 2.45) is 0 Å². The zero-order valence-electron chi connectivity index (χ0n) is 14.8. The first-order valence-electron chi connectivity index (χ1n) is 8.27. The number of pyridine rings is 1. The number of aromatic nitrogens is 1. The van der Waals surface area contributed by atoms with Crippen molar-refractivity contribution in [1.82, 2.24) is 4.98 Å². The predicted molar refractivity (Wildman–Crippen MR) is 103 cm³/mol. The van der Waals surface area contributed by atoms with E-state index < -0.39 is 17.5 Å². The fraction of sp³-hybridized carbons (Fsp3) is 0.0500. The molecular weight excluding hydrogens is 366 g/mol. The van der Waals surface area contributed by atoms with E-state index in [1.54, 1.807) is 30.3 Å². The van der Waals surface area contributed by atoms with Gasteiger partial charge in [-0.2, -0.15) is 0 Å². The van der Waals surface area contributed by atoms with Gasteiger partial charge in [-0.05, 0) is 42.5 Å². The lowest BCUT2D eigenvalue weighted by Gasteiger charge is -2.10. The average molecular weight is 382 g/mol. The minimum absolute atomic E-state index is 0.127. The minimum Gasteiger partial charge on any atom is -0.354 e. The molecule has 0 atom stereocenters. The van der Waals surface area contributed by atoms with Crippen LogP contribution in [0.3, 0.4) is 0 Å². The molecule has 142 valence electrons. The quantitative estimate of drug-likeness (QED) is 0.614. The number of carbonyl (C=O) groups excluding carboxylic acids is 2. The maximum Gasteiger partial charge on any atom is 0.257 e. The van der Waals surface area contributed by atoms with Crippen LogP contribution in [-0.4, -0.2) is 16.8 Å². The summed E-state index contributed by atoms with van der Waals surface area (Å²) >= 11 is 0. The third-order valence-electron chi connectivity index (χ3n) is 3.67. The Balaban J connectivity index is 1.71. The average Bonchev–Trinajstić information content (AvgIpc) is 2.65. The zero-order valence-corrected chi connectivity index (χ0v) is 14.8. The van der Waals surface area contributed by atoms with E-state index >= 15 is 0 Å². The molecule has 0 saturated heterocycles. The van der Waals surface area contributed by atoms with Crippen molar-refractivity contribution in [2.45, 2.75) is 6.92 Å². The lowest BCUT2D eigenvalue weighted by Crippen LogP contribution is -2.13. The molecule has 0 fully saturated rings. The molecule has 0 bridgehead atoms. The molecule has 3 aromatic rings. The van der Waals surface area contributed by atoms with Crippen molar-refractivity contribution in [1.29, 1.82) is 0 Å². The molecule has 0 aliphatic heterocycles. The Morgan fingerprint density at radius 1 is 0.857 bits per heavy atom. The Morgan fingerprint density at radius 3 is 2.25 bits per heavy atom. The molecule has 3 N–H and O–H groups in total. The third-order valence-corrected chi connectivity index (χ3v) is 3.67. The van der Waals surface area contributed by atoms with Crippen LogP contribution in [0.15, 0.2) is 60.9 Å². The highest BCUT2D eigenvalue weighted by molar-refractivity contribution is 6.04. The normalized spacial score (nSPS) is 10.2. The zero-order chi connectivity index (χ0) is 20.1. The summed E-state index contributed by atoms with van der Waals surface area (Å²) < 4.78 is 26.7. The van der Waals surface area contributed by atoms with Gasteiger partial charge >= 0.3 is 0 Å². The Labute approximate surface area is 159 Å². The van der Waals surface area contributed by atoms with Gasteiger partial charge in [0.25, 0.3) is 5.91 Å². The Bertz CT molecular complexity index is 1020. The minimum atomic E-state index is -0.866. The smallest absolute Gasteiger partial charge is 0.257 e. The van der Waals surface area contributed by atoms with Crippen LogP contribution in [0.5, 0.6) is 0 Å². The third kappa shape index (κ3) is 4.88. The molecule has 0 unspecified atom stereocenters. The number of anilines is 4. The summed E-state index contributed by atoms with van der Waals surface area (Å²) in [6, 6.07) is 11.4. The lowest BCUT2D eigenvalue weighted by atomic mass is 10.2. The molecule has 0 aliphatic rings. The van der Waals surface area contributed by atoms with Crippen LogP contribution in [-0.2, 0) is 4.79 Å². The van der Waals surface area contributed by atoms with Gasteiger partial charge in [0, 0.05) is 30.6 Å². The molecule has 3 rings (SSSR count). The topological polar surface area (TPSA) is 83.1 Å². The number of nitrogens with zero attached hydrogens (tertiary/aromatic N) is 1. The molecule has 0 saturated carbocycles. The van der Waals surface area contributed by atoms with Crippen LogP contribution in [0, 0.1) is 11.6 Å². The van der Waals surface area contributed by atoms with Gasteiger partial charge in [-0.25, -0.2) is 8.78 Å². The maximum atomic E-state index is 13.7. The van der Waals surface area contributed by atoms with E-state index in [2.05, 4.69) is 20.9 Å². The van der Waals surface area contributed by atoms with Gasteiger partial charge in [-0.15, -0.1) is 0 Å². The second-order valence-electron chi connectivity index (χ2n) is 5.92. The first-order valence-corrected chi connectivity index (χ1v) is 8.27. The molecule has 2 amide bonds. The van der Waals surface area contributed by atoms with Crippen molar-refractivity contribution in [3.8, 4) is 0 Å². The highest BCUT2D eigenvalue weighted by Gasteiger charge is 2.11. The van der Waals surface area contributed by atoms with Crippen LogP contribution in [0.1, 0.15) is 17.3 Å². The van der Waals surface area contributed by atoms with Crippen molar-refractivity contribution in [3.63, 3.8) is 0 Å². The molecule has 0 spiro atoms. The van der Waals surface area contributed by atoms with E-state index in [9.17, 15) is 18.4 Å². The summed E-state index contributed by atoms with van der Waals surface area (Å²) in [5.74, 6) is -2.34. The highest BCUT2D eigenvalue weighted by Crippen LogP contribution is 2.20. The lowest BCUT2D eigenvalue weighted by molar-refractivity contribution is -0.114. The van der Waals surface area contributed by atoms with Crippen molar-refractivity contribution >= 4 is 34.6 Å². The van der Waals surface area contributed by atoms with Gasteiger partial charge < -0.3 is 16.0 Å². The Morgan fingerprint density at radius 2 is 1.57 bits per heavy atom. The fourth-order valence-electron chi connectivity index (χ4n) is 2.42. The van der Waals surface area contributed by atoms with E-state index in [0.717, 1.165) is 17.8 Å². The van der Waals surface area contributed by atoms with Crippen LogP contribution in [0.4, 0.5) is 31.5 Å². The van der Waals surface area contributed by atoms with Gasteiger partial charge in [-0.1, -0.05) is 0 Å². The van der Waals surface area contributed by atoms with Crippen LogP contribution < -0.4 is 16.0 Å². The summed E-state index contributed by atoms with van der Waals surface area (Å²) in [5.41, 5.74) is 1.99. The summed E-state index contributed by atoms with van der Waals surface area (Å²) in [4.78, 5) is 27.4. The van der Waals surface area contributed by atoms with Crippen molar-refractivity contribution < 1.29 is 18.4 Å². The van der Waals surface area contributed by atoms with Crippen LogP contribution in [0.2, 0.25) is 0 Å². The summed E-state index contributed by atoms with van der Waals surface area (Å²) in [7, 11) is 0. The molecule has 8 heteroatoms. The number of nitrogens with one attached hydrogen (secondary N) is 3. The Hall–Kier alpha value is -3.81. The molecule has 2 aromatic carbocycles. The molecule has 1 aromatic heterocycles. The standard InChI is InChI=1S/C20H16F2N4O2/c1-12(27)24-15-3-5-16(6-4-15)25-17-8-13(10-23-11-17)20(28)26-19-7-2-14(21)9-18(19)22/h2-11,25H,1H3,(H,24,27)(H,26,28). The van der Waals surface area contributed by atoms with Gasteiger partial charge in [0.2, 0.25) is 5.91 Å². The fourth-order valence-corrected chi connectivity index (χ4v) is 2.42. The molecule has 28 heavy (non-hydrogen) atoms. The highest BCUT2D eigenvalue weighted by atomic mass is 19.1. The molecule has 0 radical (unpaired) electrons. The van der Waals surface area contributed by atoms with Crippen LogP contribution in [0.25, 0.3) is 0 Å². The maximum absolute atomic E-state index is 13.7. The SMILES string of the molecule is CC(=O)Nc1ccc(Nc2cncc(C(=O)Nc3ccc(F)cc3F)c2)cc1. The van der Waals surface area contributed by atoms with E-state index in [-0.39, 0.29) is 17.2 Å². The van der Waals surface area contributed by atoms with Gasteiger partial charge in [-0.3, -0.25) is 14.6 Å². The first kappa shape index (κ1) is 19.0. The van der Waals surface area contributed by atoms with Gasteiger partial charge in [0.15, 0.2) is 0 Å². The Kier molecular flexibility index (Phi) is 5.59. The van der Waals surface area contributed by atoms with Crippen molar-refractivity contribution in [2.75, 3.05) is 16.0 Å². The van der Waals surface area contributed by atoms with Gasteiger partial charge in [0.1, 0.15) is 11.6 Å². The van der Waals surface area contributed by atoms with E-state index in [1.807, 2.05) is 0 Å².